The minimum absolute atomic E-state index is 0.0179. The molecule has 0 saturated carbocycles. The molecule has 204 valence electrons. The summed E-state index contributed by atoms with van der Waals surface area (Å²) in [4.78, 5) is 19.4. The van der Waals surface area contributed by atoms with Crippen molar-refractivity contribution in [3.05, 3.63) is 53.3 Å². The molecule has 1 fully saturated rings. The van der Waals surface area contributed by atoms with Crippen LogP contribution in [0.5, 0.6) is 5.88 Å². The van der Waals surface area contributed by atoms with E-state index in [4.69, 9.17) is 9.47 Å². The molecule has 1 N–H and O–H groups in total. The summed E-state index contributed by atoms with van der Waals surface area (Å²) >= 11 is 0. The molecule has 3 aromatic rings. The standard InChI is InChI=1S/C27H32F3N5O3/c1-34-24-14-19(2-3-20(24)15-31-34)26(36)32-21-5-6-22(37-16-21)9-12-35-11-8-18-4-7-25(33-23(18)10-13-35)38-17-27(28,29)30/h2-4,7,14-15,21-22H,5-6,8-13,16-17H2,1H3,(H,32,36)/t21-,22+/m0/s1. The van der Waals surface area contributed by atoms with Crippen molar-refractivity contribution in [2.45, 2.75) is 50.4 Å². The van der Waals surface area contributed by atoms with Gasteiger partial charge in [-0.2, -0.15) is 18.3 Å². The molecule has 4 heterocycles. The van der Waals surface area contributed by atoms with Crippen molar-refractivity contribution in [2.24, 2.45) is 7.05 Å². The Hall–Kier alpha value is -3.18. The van der Waals surface area contributed by atoms with Gasteiger partial charge in [-0.05, 0) is 43.4 Å². The van der Waals surface area contributed by atoms with Crippen molar-refractivity contribution in [2.75, 3.05) is 32.8 Å². The predicted molar refractivity (Wildman–Crippen MR) is 135 cm³/mol. The highest BCUT2D eigenvalue weighted by molar-refractivity contribution is 5.98. The van der Waals surface area contributed by atoms with Crippen molar-refractivity contribution < 1.29 is 27.4 Å². The van der Waals surface area contributed by atoms with Crippen LogP contribution in [0, 0.1) is 0 Å². The average Bonchev–Trinajstić information content (AvgIpc) is 3.15. The lowest BCUT2D eigenvalue weighted by atomic mass is 10.0. The molecule has 0 spiro atoms. The highest BCUT2D eigenvalue weighted by Gasteiger charge is 2.29. The quantitative estimate of drug-likeness (QED) is 0.501. The fraction of sp³-hybridized carbons (Fsp3) is 0.519. The number of aryl methyl sites for hydroxylation is 1. The Morgan fingerprint density at radius 3 is 2.82 bits per heavy atom. The number of alkyl halides is 3. The van der Waals surface area contributed by atoms with E-state index >= 15 is 0 Å². The Morgan fingerprint density at radius 2 is 2.03 bits per heavy atom. The van der Waals surface area contributed by atoms with Gasteiger partial charge >= 0.3 is 6.18 Å². The second-order valence-electron chi connectivity index (χ2n) is 10.0. The molecule has 38 heavy (non-hydrogen) atoms. The summed E-state index contributed by atoms with van der Waals surface area (Å²) in [7, 11) is 1.86. The summed E-state index contributed by atoms with van der Waals surface area (Å²) in [6.07, 6.45) is 1.63. The number of hydrogen-bond acceptors (Lipinski definition) is 6. The number of benzene rings is 1. The van der Waals surface area contributed by atoms with Crippen molar-refractivity contribution in [1.29, 1.82) is 0 Å². The van der Waals surface area contributed by atoms with Gasteiger partial charge in [-0.1, -0.05) is 12.1 Å². The first-order valence-electron chi connectivity index (χ1n) is 13.0. The SMILES string of the molecule is Cn1ncc2ccc(C(=O)N[C@H]3CC[C@H](CCN4CCc5ccc(OCC(F)(F)F)nc5CC4)OC3)cc21. The number of carbonyl (C=O) groups is 1. The van der Waals surface area contributed by atoms with Gasteiger partial charge in [-0.3, -0.25) is 9.48 Å². The molecule has 1 aromatic carbocycles. The van der Waals surface area contributed by atoms with E-state index in [1.165, 1.54) is 6.07 Å². The Bertz CT molecular complexity index is 1270. The maximum atomic E-state index is 12.8. The molecule has 8 nitrogen and oxygen atoms in total. The number of ether oxygens (including phenoxy) is 2. The van der Waals surface area contributed by atoms with Crippen LogP contribution in [0.15, 0.2) is 36.5 Å². The van der Waals surface area contributed by atoms with E-state index in [0.717, 1.165) is 67.5 Å². The van der Waals surface area contributed by atoms with Crippen molar-refractivity contribution in [3.63, 3.8) is 0 Å². The van der Waals surface area contributed by atoms with Gasteiger partial charge in [-0.25, -0.2) is 4.98 Å². The number of carbonyl (C=O) groups excluding carboxylic acids is 1. The van der Waals surface area contributed by atoms with Crippen LogP contribution in [0.3, 0.4) is 0 Å². The van der Waals surface area contributed by atoms with Crippen LogP contribution in [0.2, 0.25) is 0 Å². The van der Waals surface area contributed by atoms with Crippen LogP contribution in [0.4, 0.5) is 13.2 Å². The maximum Gasteiger partial charge on any atom is 0.422 e. The Labute approximate surface area is 219 Å². The third kappa shape index (κ3) is 6.63. The van der Waals surface area contributed by atoms with Gasteiger partial charge < -0.3 is 19.7 Å². The van der Waals surface area contributed by atoms with Crippen LogP contribution >= 0.6 is 0 Å². The smallest absolute Gasteiger partial charge is 0.422 e. The van der Waals surface area contributed by atoms with Crippen LogP contribution < -0.4 is 10.1 Å². The number of pyridine rings is 1. The molecule has 0 radical (unpaired) electrons. The third-order valence-electron chi connectivity index (χ3n) is 7.27. The molecule has 2 aromatic heterocycles. The van der Waals surface area contributed by atoms with E-state index in [-0.39, 0.29) is 23.9 Å². The monoisotopic (exact) mass is 531 g/mol. The lowest BCUT2D eigenvalue weighted by molar-refractivity contribution is -0.154. The Kier molecular flexibility index (Phi) is 7.85. The van der Waals surface area contributed by atoms with Gasteiger partial charge in [0, 0.05) is 55.8 Å². The summed E-state index contributed by atoms with van der Waals surface area (Å²) in [5.41, 5.74) is 3.39. The number of rotatable bonds is 7. The van der Waals surface area contributed by atoms with Crippen LogP contribution in [0.1, 0.15) is 40.9 Å². The zero-order chi connectivity index (χ0) is 26.7. The van der Waals surface area contributed by atoms with Gasteiger partial charge in [0.05, 0.1) is 30.5 Å². The molecule has 0 bridgehead atoms. The van der Waals surface area contributed by atoms with E-state index in [1.54, 1.807) is 10.9 Å². The molecule has 5 rings (SSSR count). The highest BCUT2D eigenvalue weighted by atomic mass is 19.4. The fourth-order valence-electron chi connectivity index (χ4n) is 5.10. The van der Waals surface area contributed by atoms with Gasteiger partial charge in [0.15, 0.2) is 6.61 Å². The largest absolute Gasteiger partial charge is 0.468 e. The van der Waals surface area contributed by atoms with E-state index in [2.05, 4.69) is 20.3 Å². The topological polar surface area (TPSA) is 81.5 Å². The molecular weight excluding hydrogens is 499 g/mol. The number of amides is 1. The molecule has 11 heteroatoms. The third-order valence-corrected chi connectivity index (χ3v) is 7.27. The average molecular weight is 532 g/mol. The first kappa shape index (κ1) is 26.4. The van der Waals surface area contributed by atoms with Crippen LogP contribution in [-0.4, -0.2) is 76.7 Å². The molecule has 0 aliphatic carbocycles. The van der Waals surface area contributed by atoms with Gasteiger partial charge in [-0.15, -0.1) is 0 Å². The summed E-state index contributed by atoms with van der Waals surface area (Å²) in [6, 6.07) is 8.90. The van der Waals surface area contributed by atoms with Crippen molar-refractivity contribution in [1.82, 2.24) is 25.0 Å². The van der Waals surface area contributed by atoms with Gasteiger partial charge in [0.1, 0.15) is 0 Å². The lowest BCUT2D eigenvalue weighted by Gasteiger charge is -2.31. The summed E-state index contributed by atoms with van der Waals surface area (Å²) in [5, 5.41) is 8.32. The summed E-state index contributed by atoms with van der Waals surface area (Å²) in [6.45, 7) is 1.68. The zero-order valence-corrected chi connectivity index (χ0v) is 21.3. The summed E-state index contributed by atoms with van der Waals surface area (Å²) in [5.74, 6) is -0.0887. The molecule has 1 amide bonds. The summed E-state index contributed by atoms with van der Waals surface area (Å²) < 4.78 is 50.0. The van der Waals surface area contributed by atoms with Crippen molar-refractivity contribution in [3.8, 4) is 5.88 Å². The van der Waals surface area contributed by atoms with Crippen LogP contribution in [0.25, 0.3) is 10.9 Å². The first-order chi connectivity index (χ1) is 18.2. The van der Waals surface area contributed by atoms with Crippen LogP contribution in [-0.2, 0) is 24.6 Å². The van der Waals surface area contributed by atoms with E-state index < -0.39 is 12.8 Å². The Morgan fingerprint density at radius 1 is 1.18 bits per heavy atom. The maximum absolute atomic E-state index is 12.8. The molecule has 2 atom stereocenters. The van der Waals surface area contributed by atoms with E-state index in [9.17, 15) is 18.0 Å². The number of halogens is 3. The van der Waals surface area contributed by atoms with Gasteiger partial charge in [0.2, 0.25) is 5.88 Å². The lowest BCUT2D eigenvalue weighted by Crippen LogP contribution is -2.43. The number of aromatic nitrogens is 3. The molecule has 0 unspecified atom stereocenters. The normalized spacial score (nSPS) is 20.6. The van der Waals surface area contributed by atoms with E-state index in [0.29, 0.717) is 18.6 Å². The number of fused-ring (bicyclic) bond motifs is 2. The molecule has 1 saturated heterocycles. The predicted octanol–water partition coefficient (Wildman–Crippen LogP) is 3.68. The van der Waals surface area contributed by atoms with Gasteiger partial charge in [0.25, 0.3) is 5.91 Å². The van der Waals surface area contributed by atoms with Crippen molar-refractivity contribution >= 4 is 16.8 Å². The minimum atomic E-state index is -4.38. The highest BCUT2D eigenvalue weighted by Crippen LogP contribution is 2.23. The molecule has 2 aliphatic rings. The Balaban J connectivity index is 1.05. The first-order valence-corrected chi connectivity index (χ1v) is 13.0. The molecular formula is C27H32F3N5O3. The number of nitrogens with zero attached hydrogens (tertiary/aromatic N) is 4. The zero-order valence-electron chi connectivity index (χ0n) is 21.3. The second kappa shape index (κ2) is 11.3. The number of nitrogens with one attached hydrogen (secondary N) is 1. The van der Waals surface area contributed by atoms with E-state index in [1.807, 2.05) is 31.3 Å². The number of hydrogen-bond donors (Lipinski definition) is 1. The minimum Gasteiger partial charge on any atom is -0.468 e. The molecule has 2 aliphatic heterocycles. The fourth-order valence-corrected chi connectivity index (χ4v) is 5.10. The second-order valence-corrected chi connectivity index (χ2v) is 10.0.